The number of piperidine rings is 1. The molecule has 2 N–H and O–H groups in total. The minimum atomic E-state index is -0.956. The lowest BCUT2D eigenvalue weighted by Gasteiger charge is -2.33. The monoisotopic (exact) mass is 355 g/mol. The number of carboxylic acids is 1. The van der Waals surface area contributed by atoms with E-state index in [1.54, 1.807) is 31.2 Å². The molecule has 0 aromatic heterocycles. The number of aliphatic hydroxyl groups is 1. The third-order valence-corrected chi connectivity index (χ3v) is 5.06. The Morgan fingerprint density at radius 2 is 1.83 bits per heavy atom. The van der Waals surface area contributed by atoms with Crippen molar-refractivity contribution in [1.82, 2.24) is 4.90 Å². The van der Waals surface area contributed by atoms with Gasteiger partial charge in [-0.2, -0.15) is 0 Å². The summed E-state index contributed by atoms with van der Waals surface area (Å²) in [5, 5.41) is 18.7. The number of carboxylic acid groups (broad SMARTS) is 1. The fraction of sp³-hybridized carbons (Fsp3) is 0.611. The van der Waals surface area contributed by atoms with Crippen LogP contribution >= 0.6 is 11.6 Å². The molecule has 134 valence electrons. The van der Waals surface area contributed by atoms with Crippen molar-refractivity contribution in [3.05, 3.63) is 29.3 Å². The predicted molar refractivity (Wildman–Crippen MR) is 93.6 cm³/mol. The fourth-order valence-corrected chi connectivity index (χ4v) is 3.49. The molecule has 6 heteroatoms. The van der Waals surface area contributed by atoms with Crippen LogP contribution in [0.2, 0.25) is 5.02 Å². The number of aliphatic carboxylic acids is 1. The first kappa shape index (κ1) is 19.0. The number of hydrogen-bond donors (Lipinski definition) is 2. The number of fused-ring (bicyclic) bond motifs is 2. The summed E-state index contributed by atoms with van der Waals surface area (Å²) in [4.78, 5) is 13.1. The Bertz CT molecular complexity index is 522. The van der Waals surface area contributed by atoms with Gasteiger partial charge in [0, 0.05) is 17.1 Å². The van der Waals surface area contributed by atoms with Gasteiger partial charge in [-0.1, -0.05) is 18.5 Å². The van der Waals surface area contributed by atoms with Gasteiger partial charge < -0.3 is 19.8 Å². The van der Waals surface area contributed by atoms with Crippen molar-refractivity contribution in [1.29, 1.82) is 0 Å². The van der Waals surface area contributed by atoms with E-state index in [0.717, 1.165) is 12.8 Å². The van der Waals surface area contributed by atoms with Crippen molar-refractivity contribution in [2.45, 2.75) is 63.3 Å². The molecule has 1 aromatic rings. The molecule has 2 aliphatic rings. The number of nitrogens with zero attached hydrogens (tertiary/aromatic N) is 1. The van der Waals surface area contributed by atoms with E-state index in [1.165, 1.54) is 12.8 Å². The Balaban J connectivity index is 0.000000182. The summed E-state index contributed by atoms with van der Waals surface area (Å²) in [6.07, 6.45) is 4.25. The molecule has 0 aliphatic carbocycles. The van der Waals surface area contributed by atoms with Gasteiger partial charge >= 0.3 is 5.97 Å². The largest absolute Gasteiger partial charge is 0.479 e. The SMILES string of the molecule is CCC(Oc1ccc(Cl)cc1)C(=O)O.CN1[C@@H]2CC[C@H]1CC(O)C2. The first-order valence-corrected chi connectivity index (χ1v) is 8.83. The molecule has 0 spiro atoms. The van der Waals surface area contributed by atoms with Crippen LogP contribution in [0.5, 0.6) is 5.75 Å². The molecule has 1 aromatic carbocycles. The van der Waals surface area contributed by atoms with Crippen LogP contribution < -0.4 is 4.74 Å². The average Bonchev–Trinajstić information content (AvgIpc) is 2.76. The highest BCUT2D eigenvalue weighted by atomic mass is 35.5. The van der Waals surface area contributed by atoms with Gasteiger partial charge in [-0.3, -0.25) is 0 Å². The second-order valence-corrected chi connectivity index (χ2v) is 6.92. The lowest BCUT2D eigenvalue weighted by molar-refractivity contribution is -0.145. The van der Waals surface area contributed by atoms with Crippen molar-refractivity contribution < 1.29 is 19.7 Å². The van der Waals surface area contributed by atoms with E-state index in [-0.39, 0.29) is 6.10 Å². The van der Waals surface area contributed by atoms with E-state index in [9.17, 15) is 9.90 Å². The molecule has 2 aliphatic heterocycles. The molecule has 2 heterocycles. The Morgan fingerprint density at radius 3 is 2.29 bits per heavy atom. The van der Waals surface area contributed by atoms with Crippen molar-refractivity contribution in [3.63, 3.8) is 0 Å². The first-order chi connectivity index (χ1) is 11.4. The van der Waals surface area contributed by atoms with E-state index >= 15 is 0 Å². The van der Waals surface area contributed by atoms with Gasteiger partial charge in [-0.25, -0.2) is 4.79 Å². The molecule has 0 radical (unpaired) electrons. The number of halogens is 1. The zero-order chi connectivity index (χ0) is 17.7. The van der Waals surface area contributed by atoms with Crippen LogP contribution in [-0.2, 0) is 4.79 Å². The number of aliphatic hydroxyl groups excluding tert-OH is 1. The highest BCUT2D eigenvalue weighted by Gasteiger charge is 2.37. The number of rotatable bonds is 4. The van der Waals surface area contributed by atoms with Crippen LogP contribution in [0, 0.1) is 0 Å². The fourth-order valence-electron chi connectivity index (χ4n) is 3.37. The van der Waals surface area contributed by atoms with Crippen LogP contribution in [0.15, 0.2) is 24.3 Å². The highest BCUT2D eigenvalue weighted by Crippen LogP contribution is 2.33. The smallest absolute Gasteiger partial charge is 0.344 e. The van der Waals surface area contributed by atoms with Gasteiger partial charge in [-0.05, 0) is 63.4 Å². The zero-order valence-electron chi connectivity index (χ0n) is 14.2. The molecular formula is C18H26ClNO4. The summed E-state index contributed by atoms with van der Waals surface area (Å²) in [5.74, 6) is -0.439. The summed E-state index contributed by atoms with van der Waals surface area (Å²) in [6, 6.07) is 7.99. The molecule has 5 nitrogen and oxygen atoms in total. The molecular weight excluding hydrogens is 330 g/mol. The van der Waals surface area contributed by atoms with Crippen LogP contribution in [0.25, 0.3) is 0 Å². The van der Waals surface area contributed by atoms with Gasteiger partial charge in [0.25, 0.3) is 0 Å². The number of carbonyl (C=O) groups is 1. The molecule has 0 amide bonds. The van der Waals surface area contributed by atoms with Crippen LogP contribution in [0.3, 0.4) is 0 Å². The van der Waals surface area contributed by atoms with Crippen molar-refractivity contribution in [3.8, 4) is 5.75 Å². The summed E-state index contributed by atoms with van der Waals surface area (Å²) in [6.45, 7) is 1.76. The maximum absolute atomic E-state index is 10.7. The molecule has 24 heavy (non-hydrogen) atoms. The van der Waals surface area contributed by atoms with Crippen LogP contribution in [0.4, 0.5) is 0 Å². The van der Waals surface area contributed by atoms with Crippen molar-refractivity contribution in [2.24, 2.45) is 0 Å². The van der Waals surface area contributed by atoms with Gasteiger partial charge in [0.05, 0.1) is 6.10 Å². The molecule has 4 atom stereocenters. The van der Waals surface area contributed by atoms with Crippen molar-refractivity contribution >= 4 is 17.6 Å². The Kier molecular flexibility index (Phi) is 6.90. The average molecular weight is 356 g/mol. The van der Waals surface area contributed by atoms with Crippen LogP contribution in [-0.4, -0.2) is 52.4 Å². The molecule has 2 fully saturated rings. The van der Waals surface area contributed by atoms with Gasteiger partial charge in [0.1, 0.15) is 5.75 Å². The topological polar surface area (TPSA) is 70.0 Å². The maximum atomic E-state index is 10.7. The quantitative estimate of drug-likeness (QED) is 0.868. The third-order valence-electron chi connectivity index (χ3n) is 4.81. The zero-order valence-corrected chi connectivity index (χ0v) is 14.9. The maximum Gasteiger partial charge on any atom is 0.344 e. The number of ether oxygens (including phenoxy) is 1. The van der Waals surface area contributed by atoms with E-state index in [4.69, 9.17) is 21.4 Å². The standard InChI is InChI=1S/C10H11ClO3.C8H15NO/c1-2-9(10(12)13)14-8-5-3-7(11)4-6-8;1-9-6-2-3-7(9)5-8(10)4-6/h3-6,9H,2H2,1H3,(H,12,13);6-8,10H,2-5H2,1H3/t;6-,7+,8?. The minimum absolute atomic E-state index is 0.00583. The normalized spacial score (nSPS) is 27.1. The molecule has 0 saturated carbocycles. The first-order valence-electron chi connectivity index (χ1n) is 8.45. The Morgan fingerprint density at radius 1 is 1.29 bits per heavy atom. The number of benzene rings is 1. The summed E-state index contributed by atoms with van der Waals surface area (Å²) >= 11 is 5.67. The van der Waals surface area contributed by atoms with E-state index in [2.05, 4.69) is 11.9 Å². The molecule has 2 unspecified atom stereocenters. The summed E-state index contributed by atoms with van der Waals surface area (Å²) < 4.78 is 5.22. The second kappa shape index (κ2) is 8.70. The lowest BCUT2D eigenvalue weighted by atomic mass is 10.0. The van der Waals surface area contributed by atoms with E-state index in [0.29, 0.717) is 29.3 Å². The minimum Gasteiger partial charge on any atom is -0.479 e. The lowest BCUT2D eigenvalue weighted by Crippen LogP contribution is -2.41. The molecule has 3 rings (SSSR count). The Hall–Kier alpha value is -1.30. The highest BCUT2D eigenvalue weighted by molar-refractivity contribution is 6.30. The van der Waals surface area contributed by atoms with Gasteiger partial charge in [-0.15, -0.1) is 0 Å². The summed E-state index contributed by atoms with van der Waals surface area (Å²) in [7, 11) is 2.19. The third kappa shape index (κ3) is 5.10. The van der Waals surface area contributed by atoms with E-state index < -0.39 is 12.1 Å². The molecule has 2 bridgehead atoms. The summed E-state index contributed by atoms with van der Waals surface area (Å²) in [5.41, 5.74) is 0. The van der Waals surface area contributed by atoms with Crippen LogP contribution in [0.1, 0.15) is 39.0 Å². The second-order valence-electron chi connectivity index (χ2n) is 6.48. The number of hydrogen-bond acceptors (Lipinski definition) is 4. The molecule has 2 saturated heterocycles. The van der Waals surface area contributed by atoms with E-state index in [1.807, 2.05) is 0 Å². The van der Waals surface area contributed by atoms with Gasteiger partial charge in [0.2, 0.25) is 0 Å². The Labute approximate surface area is 148 Å². The van der Waals surface area contributed by atoms with Gasteiger partial charge in [0.15, 0.2) is 6.10 Å². The van der Waals surface area contributed by atoms with Crippen molar-refractivity contribution in [2.75, 3.05) is 7.05 Å². The predicted octanol–water partition coefficient (Wildman–Crippen LogP) is 3.19.